The van der Waals surface area contributed by atoms with Crippen molar-refractivity contribution in [2.24, 2.45) is 0 Å². The quantitative estimate of drug-likeness (QED) is 0.617. The lowest BCUT2D eigenvalue weighted by Crippen LogP contribution is -2.37. The molecule has 0 aliphatic carbocycles. The highest BCUT2D eigenvalue weighted by molar-refractivity contribution is 5.90. The van der Waals surface area contributed by atoms with Gasteiger partial charge in [0.05, 0.1) is 23.8 Å². The summed E-state index contributed by atoms with van der Waals surface area (Å²) in [6.07, 6.45) is 0.729. The minimum absolute atomic E-state index is 0.0551. The Balaban J connectivity index is 2.06. The van der Waals surface area contributed by atoms with E-state index >= 15 is 0 Å². The average Bonchev–Trinajstić information content (AvgIpc) is 3.06. The molecule has 1 N–H and O–H groups in total. The smallest absolute Gasteiger partial charge is 0.337 e. The predicted molar refractivity (Wildman–Crippen MR) is 115 cm³/mol. The number of nitrogens with one attached hydrogen (secondary N) is 1. The number of hydrogen-bond donors (Lipinski definition) is 1. The fraction of sp³-hybridized carbons (Fsp3) is 0.333. The molecule has 5 nitrogen and oxygen atoms in total. The standard InChI is InChI=1S/C24H28N2O3/c1-16(2)21-20(18-11-13-19(14-12-18)23(28)29-5)22(27)26(25-21)24(3,4)15-17-9-7-6-8-10-17/h6-14,16,25H,15H2,1-5H3. The molecular formula is C24H28N2O3. The summed E-state index contributed by atoms with van der Waals surface area (Å²) in [5, 5.41) is 3.37. The highest BCUT2D eigenvalue weighted by Crippen LogP contribution is 2.28. The first kappa shape index (κ1) is 20.6. The summed E-state index contributed by atoms with van der Waals surface area (Å²) in [6.45, 7) is 8.25. The number of methoxy groups -OCH3 is 1. The first-order valence-corrected chi connectivity index (χ1v) is 9.82. The van der Waals surface area contributed by atoms with E-state index in [4.69, 9.17) is 4.74 Å². The van der Waals surface area contributed by atoms with Gasteiger partial charge in [-0.15, -0.1) is 0 Å². The maximum atomic E-state index is 13.4. The number of esters is 1. The molecule has 0 aliphatic heterocycles. The van der Waals surface area contributed by atoms with Gasteiger partial charge in [-0.2, -0.15) is 0 Å². The van der Waals surface area contributed by atoms with Crippen molar-refractivity contribution >= 4 is 5.97 Å². The van der Waals surface area contributed by atoms with Crippen molar-refractivity contribution in [3.63, 3.8) is 0 Å². The first-order chi connectivity index (χ1) is 13.7. The van der Waals surface area contributed by atoms with E-state index < -0.39 is 11.5 Å². The van der Waals surface area contributed by atoms with E-state index in [1.165, 1.54) is 12.7 Å². The van der Waals surface area contributed by atoms with E-state index in [-0.39, 0.29) is 11.5 Å². The molecule has 0 saturated heterocycles. The van der Waals surface area contributed by atoms with Crippen molar-refractivity contribution in [2.75, 3.05) is 7.11 Å². The van der Waals surface area contributed by atoms with Gasteiger partial charge in [0.2, 0.25) is 0 Å². The van der Waals surface area contributed by atoms with Crippen LogP contribution in [0.3, 0.4) is 0 Å². The molecule has 3 aromatic rings. The van der Waals surface area contributed by atoms with Gasteiger partial charge in [-0.25, -0.2) is 9.48 Å². The summed E-state index contributed by atoms with van der Waals surface area (Å²) >= 11 is 0. The number of aromatic nitrogens is 2. The van der Waals surface area contributed by atoms with Gasteiger partial charge >= 0.3 is 5.97 Å². The summed E-state index contributed by atoms with van der Waals surface area (Å²) < 4.78 is 6.50. The fourth-order valence-corrected chi connectivity index (χ4v) is 3.64. The Kier molecular flexibility index (Phi) is 5.78. The SMILES string of the molecule is COC(=O)c1ccc(-c2c(C(C)C)[nH]n(C(C)(C)Cc3ccccc3)c2=O)cc1. The predicted octanol–water partition coefficient (Wildman–Crippen LogP) is 4.73. The maximum absolute atomic E-state index is 13.4. The van der Waals surface area contributed by atoms with Crippen LogP contribution in [-0.2, 0) is 16.7 Å². The number of benzene rings is 2. The number of H-pyrrole nitrogens is 1. The number of ether oxygens (including phenoxy) is 1. The summed E-state index contributed by atoms with van der Waals surface area (Å²) in [5.74, 6) is -0.247. The molecule has 29 heavy (non-hydrogen) atoms. The molecule has 0 spiro atoms. The summed E-state index contributed by atoms with van der Waals surface area (Å²) in [4.78, 5) is 25.2. The Labute approximate surface area is 171 Å². The van der Waals surface area contributed by atoms with Crippen LogP contribution in [0.4, 0.5) is 0 Å². The summed E-state index contributed by atoms with van der Waals surface area (Å²) in [6, 6.07) is 17.2. The van der Waals surface area contributed by atoms with Crippen LogP contribution >= 0.6 is 0 Å². The van der Waals surface area contributed by atoms with Crippen LogP contribution in [0.25, 0.3) is 11.1 Å². The Hall–Kier alpha value is -3.08. The average molecular weight is 392 g/mol. The molecule has 0 bridgehead atoms. The van der Waals surface area contributed by atoms with Crippen LogP contribution in [0, 0.1) is 0 Å². The van der Waals surface area contributed by atoms with Gasteiger partial charge in [-0.05, 0) is 49.4 Å². The number of carbonyl (C=O) groups is 1. The van der Waals surface area contributed by atoms with Crippen LogP contribution in [0.15, 0.2) is 59.4 Å². The lowest BCUT2D eigenvalue weighted by Gasteiger charge is -2.26. The van der Waals surface area contributed by atoms with E-state index in [1.807, 2.05) is 18.2 Å². The zero-order valence-electron chi connectivity index (χ0n) is 17.7. The van der Waals surface area contributed by atoms with Gasteiger partial charge in [0, 0.05) is 5.69 Å². The molecule has 152 valence electrons. The lowest BCUT2D eigenvalue weighted by atomic mass is 9.95. The molecule has 0 amide bonds. The van der Waals surface area contributed by atoms with Crippen molar-refractivity contribution in [3.8, 4) is 11.1 Å². The lowest BCUT2D eigenvalue weighted by molar-refractivity contribution is 0.0601. The van der Waals surface area contributed by atoms with Gasteiger partial charge in [-0.3, -0.25) is 9.89 Å². The Morgan fingerprint density at radius 1 is 1.07 bits per heavy atom. The second kappa shape index (κ2) is 8.11. The molecule has 1 aromatic heterocycles. The van der Waals surface area contributed by atoms with Gasteiger partial charge in [-0.1, -0.05) is 56.3 Å². The van der Waals surface area contributed by atoms with Crippen molar-refractivity contribution in [2.45, 2.75) is 45.6 Å². The van der Waals surface area contributed by atoms with E-state index in [0.717, 1.165) is 17.7 Å². The maximum Gasteiger partial charge on any atom is 0.337 e. The summed E-state index contributed by atoms with van der Waals surface area (Å²) in [5.41, 5.74) is 3.49. The third-order valence-corrected chi connectivity index (χ3v) is 5.18. The van der Waals surface area contributed by atoms with E-state index in [9.17, 15) is 9.59 Å². The molecule has 3 rings (SSSR count). The topological polar surface area (TPSA) is 64.1 Å². The molecule has 2 aromatic carbocycles. The molecule has 5 heteroatoms. The minimum atomic E-state index is -0.424. The molecular weight excluding hydrogens is 364 g/mol. The van der Waals surface area contributed by atoms with Crippen LogP contribution in [0.2, 0.25) is 0 Å². The third kappa shape index (κ3) is 4.19. The zero-order chi connectivity index (χ0) is 21.2. The Morgan fingerprint density at radius 2 is 1.69 bits per heavy atom. The van der Waals surface area contributed by atoms with E-state index in [1.54, 1.807) is 28.9 Å². The third-order valence-electron chi connectivity index (χ3n) is 5.18. The number of hydrogen-bond acceptors (Lipinski definition) is 3. The van der Waals surface area contributed by atoms with Crippen LogP contribution in [-0.4, -0.2) is 22.9 Å². The summed E-state index contributed by atoms with van der Waals surface area (Å²) in [7, 11) is 1.35. The van der Waals surface area contributed by atoms with Gasteiger partial charge in [0.25, 0.3) is 5.56 Å². The highest BCUT2D eigenvalue weighted by atomic mass is 16.5. The van der Waals surface area contributed by atoms with Crippen molar-refractivity contribution in [1.29, 1.82) is 0 Å². The second-order valence-corrected chi connectivity index (χ2v) is 8.24. The Morgan fingerprint density at radius 3 is 2.24 bits per heavy atom. The van der Waals surface area contributed by atoms with Crippen molar-refractivity contribution in [1.82, 2.24) is 9.78 Å². The highest BCUT2D eigenvalue weighted by Gasteiger charge is 2.28. The molecule has 0 saturated carbocycles. The largest absolute Gasteiger partial charge is 0.465 e. The number of rotatable bonds is 6. The molecule has 0 aliphatic rings. The van der Waals surface area contributed by atoms with Crippen molar-refractivity contribution in [3.05, 3.63) is 81.8 Å². The molecule has 1 heterocycles. The van der Waals surface area contributed by atoms with Gasteiger partial charge in [0.15, 0.2) is 0 Å². The number of nitrogens with zero attached hydrogens (tertiary/aromatic N) is 1. The second-order valence-electron chi connectivity index (χ2n) is 8.24. The Bertz CT molecular complexity index is 1040. The van der Waals surface area contributed by atoms with E-state index in [2.05, 4.69) is 44.9 Å². The van der Waals surface area contributed by atoms with Crippen LogP contribution in [0.5, 0.6) is 0 Å². The van der Waals surface area contributed by atoms with E-state index in [0.29, 0.717) is 11.1 Å². The van der Waals surface area contributed by atoms with Crippen molar-refractivity contribution < 1.29 is 9.53 Å². The number of aromatic amines is 1. The minimum Gasteiger partial charge on any atom is -0.465 e. The first-order valence-electron chi connectivity index (χ1n) is 9.82. The number of carbonyl (C=O) groups excluding carboxylic acids is 1. The van der Waals surface area contributed by atoms with Gasteiger partial charge in [0.1, 0.15) is 0 Å². The molecule has 0 radical (unpaired) electrons. The van der Waals surface area contributed by atoms with Crippen LogP contribution in [0.1, 0.15) is 55.2 Å². The molecule has 0 atom stereocenters. The monoisotopic (exact) mass is 392 g/mol. The fourth-order valence-electron chi connectivity index (χ4n) is 3.64. The van der Waals surface area contributed by atoms with Crippen LogP contribution < -0.4 is 5.56 Å². The molecule has 0 unspecified atom stereocenters. The molecule has 0 fully saturated rings. The van der Waals surface area contributed by atoms with Gasteiger partial charge < -0.3 is 4.74 Å². The normalized spacial score (nSPS) is 11.7. The zero-order valence-corrected chi connectivity index (χ0v) is 17.7.